The molecule has 2 aromatic rings. The molecule has 1 N–H and O–H groups in total. The molecule has 1 amide bonds. The molecule has 0 unspecified atom stereocenters. The van der Waals surface area contributed by atoms with Crippen LogP contribution in [0.15, 0.2) is 36.4 Å². The van der Waals surface area contributed by atoms with E-state index >= 15 is 0 Å². The fourth-order valence-electron chi connectivity index (χ4n) is 1.98. The van der Waals surface area contributed by atoms with Crippen LogP contribution in [0.4, 0.5) is 14.5 Å². The third kappa shape index (κ3) is 4.42. The number of anilines is 1. The van der Waals surface area contributed by atoms with Gasteiger partial charge in [0.15, 0.2) is 6.10 Å². The maximum atomic E-state index is 13.6. The van der Waals surface area contributed by atoms with Crippen LogP contribution in [-0.2, 0) is 4.79 Å². The van der Waals surface area contributed by atoms with E-state index in [-0.39, 0.29) is 5.69 Å². The zero-order chi connectivity index (χ0) is 17.0. The molecule has 0 fully saturated rings. The van der Waals surface area contributed by atoms with Crippen molar-refractivity contribution in [1.82, 2.24) is 0 Å². The van der Waals surface area contributed by atoms with Gasteiger partial charge in [0, 0.05) is 11.1 Å². The molecule has 0 saturated heterocycles. The first-order chi connectivity index (χ1) is 10.9. The Hall–Kier alpha value is -2.14. The zero-order valence-corrected chi connectivity index (χ0v) is 13.5. The Bertz CT molecular complexity index is 722. The average Bonchev–Trinajstić information content (AvgIpc) is 2.51. The standard InChI is InChI=1S/C17H16ClF2NO2/c1-3-16(23-12-5-6-13(18)10(2)8-12)17(22)21-15-7-4-11(19)9-14(15)20/h4-9,16H,3H2,1-2H3,(H,21,22)/t16-/m1/s1. The minimum Gasteiger partial charge on any atom is -0.481 e. The summed E-state index contributed by atoms with van der Waals surface area (Å²) in [5.41, 5.74) is 0.731. The number of hydrogen-bond donors (Lipinski definition) is 1. The Labute approximate surface area is 138 Å². The highest BCUT2D eigenvalue weighted by atomic mass is 35.5. The van der Waals surface area contributed by atoms with Crippen molar-refractivity contribution in [2.75, 3.05) is 5.32 Å². The molecule has 0 bridgehead atoms. The number of halogens is 3. The molecular formula is C17H16ClF2NO2. The Balaban J connectivity index is 2.10. The Morgan fingerprint density at radius 3 is 2.61 bits per heavy atom. The van der Waals surface area contributed by atoms with Gasteiger partial charge >= 0.3 is 0 Å². The Kier molecular flexibility index (Phi) is 5.55. The van der Waals surface area contributed by atoms with Crippen molar-refractivity contribution in [3.8, 4) is 5.75 Å². The summed E-state index contributed by atoms with van der Waals surface area (Å²) in [4.78, 5) is 12.2. The van der Waals surface area contributed by atoms with Crippen LogP contribution < -0.4 is 10.1 Å². The van der Waals surface area contributed by atoms with Gasteiger partial charge in [-0.15, -0.1) is 0 Å². The largest absolute Gasteiger partial charge is 0.481 e. The van der Waals surface area contributed by atoms with Crippen LogP contribution in [0, 0.1) is 18.6 Å². The topological polar surface area (TPSA) is 38.3 Å². The SMILES string of the molecule is CC[C@@H](Oc1ccc(Cl)c(C)c1)C(=O)Nc1ccc(F)cc1F. The summed E-state index contributed by atoms with van der Waals surface area (Å²) < 4.78 is 32.1. The van der Waals surface area contributed by atoms with E-state index in [2.05, 4.69) is 5.32 Å². The molecule has 23 heavy (non-hydrogen) atoms. The minimum absolute atomic E-state index is 0.0919. The lowest BCUT2D eigenvalue weighted by atomic mass is 10.2. The number of aryl methyl sites for hydroxylation is 1. The molecule has 0 spiro atoms. The van der Waals surface area contributed by atoms with Gasteiger partial charge in [0.1, 0.15) is 17.4 Å². The predicted octanol–water partition coefficient (Wildman–Crippen LogP) is 4.72. The minimum atomic E-state index is -0.837. The molecule has 2 aromatic carbocycles. The van der Waals surface area contributed by atoms with Crippen molar-refractivity contribution >= 4 is 23.2 Å². The lowest BCUT2D eigenvalue weighted by Gasteiger charge is -2.18. The maximum Gasteiger partial charge on any atom is 0.265 e. The number of amides is 1. The van der Waals surface area contributed by atoms with Crippen LogP contribution >= 0.6 is 11.6 Å². The van der Waals surface area contributed by atoms with E-state index in [1.54, 1.807) is 25.1 Å². The van der Waals surface area contributed by atoms with Crippen LogP contribution in [-0.4, -0.2) is 12.0 Å². The zero-order valence-electron chi connectivity index (χ0n) is 12.7. The fourth-order valence-corrected chi connectivity index (χ4v) is 2.10. The fraction of sp³-hybridized carbons (Fsp3) is 0.235. The van der Waals surface area contributed by atoms with Crippen LogP contribution in [0.3, 0.4) is 0 Å². The smallest absolute Gasteiger partial charge is 0.265 e. The maximum absolute atomic E-state index is 13.6. The first-order valence-electron chi connectivity index (χ1n) is 7.09. The van der Waals surface area contributed by atoms with Crippen LogP contribution in [0.25, 0.3) is 0 Å². The molecule has 0 aromatic heterocycles. The van der Waals surface area contributed by atoms with Crippen molar-refractivity contribution in [1.29, 1.82) is 0 Å². The Morgan fingerprint density at radius 1 is 1.26 bits per heavy atom. The summed E-state index contributed by atoms with van der Waals surface area (Å²) in [5, 5.41) is 3.00. The van der Waals surface area contributed by atoms with Crippen molar-refractivity contribution < 1.29 is 18.3 Å². The summed E-state index contributed by atoms with van der Waals surface area (Å²) in [6, 6.07) is 8.00. The van der Waals surface area contributed by atoms with E-state index in [4.69, 9.17) is 16.3 Å². The third-order valence-electron chi connectivity index (χ3n) is 3.26. The van der Waals surface area contributed by atoms with Crippen molar-refractivity contribution in [3.63, 3.8) is 0 Å². The quantitative estimate of drug-likeness (QED) is 0.855. The van der Waals surface area contributed by atoms with E-state index in [1.165, 1.54) is 6.07 Å². The number of nitrogens with one attached hydrogen (secondary N) is 1. The lowest BCUT2D eigenvalue weighted by molar-refractivity contribution is -0.122. The number of carbonyl (C=O) groups is 1. The summed E-state index contributed by atoms with van der Waals surface area (Å²) in [7, 11) is 0. The van der Waals surface area contributed by atoms with E-state index in [0.29, 0.717) is 23.3 Å². The van der Waals surface area contributed by atoms with Crippen LogP contribution in [0.2, 0.25) is 5.02 Å². The molecule has 3 nitrogen and oxygen atoms in total. The average molecular weight is 340 g/mol. The summed E-state index contributed by atoms with van der Waals surface area (Å²) in [5.74, 6) is -1.56. The van der Waals surface area contributed by atoms with Gasteiger partial charge < -0.3 is 10.1 Å². The number of rotatable bonds is 5. The van der Waals surface area contributed by atoms with Gasteiger partial charge in [-0.1, -0.05) is 18.5 Å². The van der Waals surface area contributed by atoms with Gasteiger partial charge in [-0.2, -0.15) is 0 Å². The number of ether oxygens (including phenoxy) is 1. The molecule has 1 atom stereocenters. The summed E-state index contributed by atoms with van der Waals surface area (Å²) in [6.45, 7) is 3.60. The molecule has 0 aliphatic carbocycles. The van der Waals surface area contributed by atoms with Gasteiger partial charge in [-0.3, -0.25) is 4.79 Å². The molecule has 6 heteroatoms. The van der Waals surface area contributed by atoms with Crippen molar-refractivity contribution in [2.45, 2.75) is 26.4 Å². The molecule has 0 saturated carbocycles. The monoisotopic (exact) mass is 339 g/mol. The second kappa shape index (κ2) is 7.42. The highest BCUT2D eigenvalue weighted by Gasteiger charge is 2.20. The summed E-state index contributed by atoms with van der Waals surface area (Å²) in [6.07, 6.45) is -0.420. The number of hydrogen-bond acceptors (Lipinski definition) is 2. The lowest BCUT2D eigenvalue weighted by Crippen LogP contribution is -2.32. The molecule has 2 rings (SSSR count). The molecule has 0 aliphatic rings. The second-order valence-corrected chi connectivity index (χ2v) is 5.45. The Morgan fingerprint density at radius 2 is 2.00 bits per heavy atom. The van der Waals surface area contributed by atoms with E-state index < -0.39 is 23.6 Å². The van der Waals surface area contributed by atoms with Gasteiger partial charge in [0.05, 0.1) is 5.69 Å². The van der Waals surface area contributed by atoms with Gasteiger partial charge in [-0.25, -0.2) is 8.78 Å². The first-order valence-corrected chi connectivity index (χ1v) is 7.47. The van der Waals surface area contributed by atoms with Crippen LogP contribution in [0.1, 0.15) is 18.9 Å². The molecule has 0 radical (unpaired) electrons. The molecule has 122 valence electrons. The van der Waals surface area contributed by atoms with E-state index in [0.717, 1.165) is 11.6 Å². The van der Waals surface area contributed by atoms with Crippen molar-refractivity contribution in [2.24, 2.45) is 0 Å². The van der Waals surface area contributed by atoms with Crippen LogP contribution in [0.5, 0.6) is 5.75 Å². The third-order valence-corrected chi connectivity index (χ3v) is 3.68. The molecular weight excluding hydrogens is 324 g/mol. The van der Waals surface area contributed by atoms with E-state index in [9.17, 15) is 13.6 Å². The van der Waals surface area contributed by atoms with Gasteiger partial charge in [-0.05, 0) is 49.2 Å². The van der Waals surface area contributed by atoms with Gasteiger partial charge in [0.25, 0.3) is 5.91 Å². The summed E-state index contributed by atoms with van der Waals surface area (Å²) >= 11 is 5.94. The van der Waals surface area contributed by atoms with E-state index in [1.807, 2.05) is 6.92 Å². The number of carbonyl (C=O) groups excluding carboxylic acids is 1. The van der Waals surface area contributed by atoms with Crippen molar-refractivity contribution in [3.05, 3.63) is 58.6 Å². The highest BCUT2D eigenvalue weighted by Crippen LogP contribution is 2.23. The molecule has 0 aliphatic heterocycles. The normalized spacial score (nSPS) is 11.9. The second-order valence-electron chi connectivity index (χ2n) is 5.04. The highest BCUT2D eigenvalue weighted by molar-refractivity contribution is 6.31. The first kappa shape index (κ1) is 17.2. The number of benzene rings is 2. The molecule has 0 heterocycles. The van der Waals surface area contributed by atoms with Gasteiger partial charge in [0.2, 0.25) is 0 Å². The predicted molar refractivity (Wildman–Crippen MR) is 85.9 cm³/mol.